The summed E-state index contributed by atoms with van der Waals surface area (Å²) in [6.45, 7) is -0.245. The summed E-state index contributed by atoms with van der Waals surface area (Å²) in [6.07, 6.45) is 0. The van der Waals surface area contributed by atoms with Crippen molar-refractivity contribution in [3.8, 4) is 5.69 Å². The SMILES string of the molecule is COC(=O)c1c(CNC(=O)c2ccc(C(N)=O)cc2)c(=O)c2ccc(Cl)cc2n1-c1ccccc1. The fourth-order valence-corrected chi connectivity index (χ4v) is 3.95. The third-order valence-corrected chi connectivity index (χ3v) is 5.71. The van der Waals surface area contributed by atoms with Gasteiger partial charge in [-0.2, -0.15) is 0 Å². The van der Waals surface area contributed by atoms with Crippen molar-refractivity contribution in [2.45, 2.75) is 6.54 Å². The second-order valence-corrected chi connectivity index (χ2v) is 8.04. The topological polar surface area (TPSA) is 120 Å². The number of fused-ring (bicyclic) bond motifs is 1. The molecule has 3 N–H and O–H groups in total. The van der Waals surface area contributed by atoms with Gasteiger partial charge >= 0.3 is 5.97 Å². The standard InChI is InChI=1S/C26H20ClN3O5/c1-35-26(34)22-20(14-29-25(33)16-9-7-15(8-10-16)24(28)32)23(31)19-12-11-17(27)13-21(19)30(22)18-5-3-2-4-6-18/h2-13H,14H2,1H3,(H2,28,32)(H,29,33). The predicted molar refractivity (Wildman–Crippen MR) is 132 cm³/mol. The number of nitrogens with one attached hydrogen (secondary N) is 1. The van der Waals surface area contributed by atoms with E-state index in [9.17, 15) is 19.2 Å². The quantitative estimate of drug-likeness (QED) is 0.402. The fourth-order valence-electron chi connectivity index (χ4n) is 3.78. The van der Waals surface area contributed by atoms with Gasteiger partial charge in [0.15, 0.2) is 5.43 Å². The molecule has 0 aliphatic carbocycles. The maximum absolute atomic E-state index is 13.5. The molecule has 0 spiro atoms. The minimum absolute atomic E-state index is 0.0251. The van der Waals surface area contributed by atoms with Crippen molar-refractivity contribution in [3.05, 3.63) is 110 Å². The average molecular weight is 490 g/mol. The first-order valence-electron chi connectivity index (χ1n) is 10.5. The highest BCUT2D eigenvalue weighted by atomic mass is 35.5. The van der Waals surface area contributed by atoms with Gasteiger partial charge in [0.25, 0.3) is 5.91 Å². The molecule has 3 aromatic carbocycles. The number of amides is 2. The van der Waals surface area contributed by atoms with Crippen LogP contribution in [0.4, 0.5) is 0 Å². The lowest BCUT2D eigenvalue weighted by Gasteiger charge is -2.20. The lowest BCUT2D eigenvalue weighted by molar-refractivity contribution is 0.0588. The van der Waals surface area contributed by atoms with Crippen LogP contribution in [0.3, 0.4) is 0 Å². The molecule has 8 nitrogen and oxygen atoms in total. The maximum atomic E-state index is 13.5. The number of primary amides is 1. The molecule has 1 heterocycles. The molecular formula is C26H20ClN3O5. The Morgan fingerprint density at radius 1 is 0.971 bits per heavy atom. The van der Waals surface area contributed by atoms with E-state index in [1.54, 1.807) is 47.0 Å². The van der Waals surface area contributed by atoms with Gasteiger partial charge in [0.1, 0.15) is 5.69 Å². The summed E-state index contributed by atoms with van der Waals surface area (Å²) in [5.74, 6) is -1.86. The zero-order valence-electron chi connectivity index (χ0n) is 18.6. The normalized spacial score (nSPS) is 10.7. The lowest BCUT2D eigenvalue weighted by Crippen LogP contribution is -2.31. The van der Waals surface area contributed by atoms with Crippen molar-refractivity contribution < 1.29 is 19.1 Å². The summed E-state index contributed by atoms with van der Waals surface area (Å²) in [7, 11) is 1.22. The summed E-state index contributed by atoms with van der Waals surface area (Å²) in [6, 6.07) is 19.5. The Labute approximate surface area is 204 Å². The van der Waals surface area contributed by atoms with Crippen LogP contribution in [0.1, 0.15) is 36.8 Å². The van der Waals surface area contributed by atoms with Gasteiger partial charge in [-0.25, -0.2) is 4.79 Å². The second-order valence-electron chi connectivity index (χ2n) is 7.60. The van der Waals surface area contributed by atoms with Gasteiger partial charge < -0.3 is 20.4 Å². The van der Waals surface area contributed by atoms with Crippen molar-refractivity contribution in [1.29, 1.82) is 0 Å². The largest absolute Gasteiger partial charge is 0.464 e. The van der Waals surface area contributed by atoms with Gasteiger partial charge in [-0.05, 0) is 54.6 Å². The number of carbonyl (C=O) groups is 3. The number of hydrogen-bond donors (Lipinski definition) is 2. The van der Waals surface area contributed by atoms with Gasteiger partial charge in [-0.3, -0.25) is 14.4 Å². The van der Waals surface area contributed by atoms with Crippen LogP contribution in [-0.4, -0.2) is 29.5 Å². The third kappa shape index (κ3) is 4.64. The molecule has 0 radical (unpaired) electrons. The minimum atomic E-state index is -0.747. The van der Waals surface area contributed by atoms with E-state index in [4.69, 9.17) is 22.1 Å². The molecular weight excluding hydrogens is 470 g/mol. The maximum Gasteiger partial charge on any atom is 0.355 e. The van der Waals surface area contributed by atoms with Crippen LogP contribution in [0.2, 0.25) is 5.02 Å². The number of aromatic nitrogens is 1. The molecule has 0 atom stereocenters. The molecule has 35 heavy (non-hydrogen) atoms. The molecule has 2 amide bonds. The first kappa shape index (κ1) is 23.7. The van der Waals surface area contributed by atoms with E-state index >= 15 is 0 Å². The number of carbonyl (C=O) groups excluding carboxylic acids is 3. The van der Waals surface area contributed by atoms with Crippen LogP contribution < -0.4 is 16.5 Å². The van der Waals surface area contributed by atoms with Crippen LogP contribution in [0.25, 0.3) is 16.6 Å². The van der Waals surface area contributed by atoms with Crippen molar-refractivity contribution in [3.63, 3.8) is 0 Å². The van der Waals surface area contributed by atoms with E-state index in [0.29, 0.717) is 21.6 Å². The molecule has 4 aromatic rings. The summed E-state index contributed by atoms with van der Waals surface area (Å²) in [4.78, 5) is 50.4. The summed E-state index contributed by atoms with van der Waals surface area (Å²) >= 11 is 6.22. The van der Waals surface area contributed by atoms with Gasteiger partial charge in [-0.15, -0.1) is 0 Å². The van der Waals surface area contributed by atoms with E-state index in [1.165, 1.54) is 31.4 Å². The van der Waals surface area contributed by atoms with E-state index in [1.807, 2.05) is 6.07 Å². The number of nitrogens with zero attached hydrogens (tertiary/aromatic N) is 1. The predicted octanol–water partition coefficient (Wildman–Crippen LogP) is 3.46. The Morgan fingerprint density at radius 2 is 1.63 bits per heavy atom. The summed E-state index contributed by atoms with van der Waals surface area (Å²) < 4.78 is 6.61. The summed E-state index contributed by atoms with van der Waals surface area (Å²) in [5, 5.41) is 3.38. The Morgan fingerprint density at radius 3 is 2.26 bits per heavy atom. The van der Waals surface area contributed by atoms with E-state index in [0.717, 1.165) is 0 Å². The molecule has 0 fully saturated rings. The van der Waals surface area contributed by atoms with E-state index in [2.05, 4.69) is 5.32 Å². The van der Waals surface area contributed by atoms with E-state index < -0.39 is 23.2 Å². The van der Waals surface area contributed by atoms with Crippen LogP contribution in [-0.2, 0) is 11.3 Å². The van der Waals surface area contributed by atoms with Gasteiger partial charge in [0.2, 0.25) is 5.91 Å². The van der Waals surface area contributed by atoms with Crippen molar-refractivity contribution in [2.75, 3.05) is 7.11 Å². The Kier molecular flexibility index (Phi) is 6.66. The van der Waals surface area contributed by atoms with Crippen molar-refractivity contribution in [2.24, 2.45) is 5.73 Å². The first-order chi connectivity index (χ1) is 16.8. The summed E-state index contributed by atoms with van der Waals surface area (Å²) in [5.41, 5.74) is 6.37. The molecule has 0 unspecified atom stereocenters. The Bertz CT molecular complexity index is 1510. The highest BCUT2D eigenvalue weighted by molar-refractivity contribution is 6.31. The number of hydrogen-bond acceptors (Lipinski definition) is 5. The first-order valence-corrected chi connectivity index (χ1v) is 10.9. The zero-order chi connectivity index (χ0) is 25.1. The number of methoxy groups -OCH3 is 1. The third-order valence-electron chi connectivity index (χ3n) is 5.48. The number of esters is 1. The van der Waals surface area contributed by atoms with Crippen LogP contribution in [0.5, 0.6) is 0 Å². The number of pyridine rings is 1. The van der Waals surface area contributed by atoms with Crippen LogP contribution >= 0.6 is 11.6 Å². The zero-order valence-corrected chi connectivity index (χ0v) is 19.3. The number of para-hydroxylation sites is 1. The number of halogens is 1. The van der Waals surface area contributed by atoms with Gasteiger partial charge in [0.05, 0.1) is 18.2 Å². The molecule has 0 saturated carbocycles. The molecule has 9 heteroatoms. The molecule has 1 aromatic heterocycles. The van der Waals surface area contributed by atoms with Crippen LogP contribution in [0.15, 0.2) is 77.6 Å². The average Bonchev–Trinajstić information content (AvgIpc) is 2.87. The second kappa shape index (κ2) is 9.82. The Hall–Kier alpha value is -4.43. The number of rotatable bonds is 6. The molecule has 0 saturated heterocycles. The lowest BCUT2D eigenvalue weighted by atomic mass is 10.1. The van der Waals surface area contributed by atoms with Gasteiger partial charge in [-0.1, -0.05) is 29.8 Å². The Balaban J connectivity index is 1.85. The highest BCUT2D eigenvalue weighted by Crippen LogP contribution is 2.25. The van der Waals surface area contributed by atoms with E-state index in [-0.39, 0.29) is 28.9 Å². The van der Waals surface area contributed by atoms with Gasteiger partial charge in [0, 0.05) is 33.8 Å². The van der Waals surface area contributed by atoms with Crippen molar-refractivity contribution >= 4 is 40.3 Å². The fraction of sp³-hybridized carbons (Fsp3) is 0.0769. The highest BCUT2D eigenvalue weighted by Gasteiger charge is 2.24. The number of nitrogens with two attached hydrogens (primary N) is 1. The molecule has 4 rings (SSSR count). The minimum Gasteiger partial charge on any atom is -0.464 e. The van der Waals surface area contributed by atoms with Crippen LogP contribution in [0, 0.1) is 0 Å². The van der Waals surface area contributed by atoms with Crippen molar-refractivity contribution in [1.82, 2.24) is 9.88 Å². The molecule has 0 aliphatic heterocycles. The molecule has 0 bridgehead atoms. The smallest absolute Gasteiger partial charge is 0.355 e. The number of ether oxygens (including phenoxy) is 1. The molecule has 0 aliphatic rings. The monoisotopic (exact) mass is 489 g/mol. The number of benzene rings is 3. The molecule has 176 valence electrons.